The highest BCUT2D eigenvalue weighted by atomic mass is 16.5. The van der Waals surface area contributed by atoms with Crippen molar-refractivity contribution < 1.29 is 9.84 Å². The number of anilines is 1. The first-order chi connectivity index (χ1) is 13.6. The van der Waals surface area contributed by atoms with Gasteiger partial charge in [-0.1, -0.05) is 0 Å². The molecule has 28 heavy (non-hydrogen) atoms. The number of H-pyrrole nitrogens is 1. The first-order valence-electron chi connectivity index (χ1n) is 10.7. The third-order valence-corrected chi connectivity index (χ3v) is 6.99. The van der Waals surface area contributed by atoms with Crippen molar-refractivity contribution >= 4 is 16.9 Å². The Bertz CT molecular complexity index is 823. The van der Waals surface area contributed by atoms with Gasteiger partial charge in [0.05, 0.1) is 11.5 Å². The number of likely N-dealkylation sites (tertiary alicyclic amines) is 1. The summed E-state index contributed by atoms with van der Waals surface area (Å²) in [4.78, 5) is 17.4. The number of aromatic nitrogens is 3. The van der Waals surface area contributed by atoms with E-state index in [2.05, 4.69) is 25.8 Å². The number of rotatable bonds is 2. The normalized spacial score (nSPS) is 26.9. The maximum Gasteiger partial charge on any atom is 0.143 e. The second-order valence-electron chi connectivity index (χ2n) is 8.95. The van der Waals surface area contributed by atoms with Crippen molar-refractivity contribution in [1.82, 2.24) is 19.9 Å². The van der Waals surface area contributed by atoms with Gasteiger partial charge in [-0.25, -0.2) is 9.97 Å². The van der Waals surface area contributed by atoms with Gasteiger partial charge in [0.25, 0.3) is 0 Å². The smallest absolute Gasteiger partial charge is 0.143 e. The number of fused-ring (bicyclic) bond motifs is 1. The highest BCUT2D eigenvalue weighted by molar-refractivity contribution is 5.87. The van der Waals surface area contributed by atoms with E-state index < -0.39 is 0 Å². The van der Waals surface area contributed by atoms with E-state index in [1.54, 1.807) is 0 Å². The highest BCUT2D eigenvalue weighted by Gasteiger charge is 2.43. The summed E-state index contributed by atoms with van der Waals surface area (Å²) in [5.41, 5.74) is 1.15. The Labute approximate surface area is 166 Å². The molecule has 5 heterocycles. The minimum atomic E-state index is -0.208. The van der Waals surface area contributed by atoms with Crippen LogP contribution in [0, 0.1) is 12.3 Å². The van der Waals surface area contributed by atoms with E-state index >= 15 is 0 Å². The van der Waals surface area contributed by atoms with E-state index in [0.717, 1.165) is 94.2 Å². The number of hydrogen-bond donors (Lipinski definition) is 2. The van der Waals surface area contributed by atoms with Crippen LogP contribution < -0.4 is 4.90 Å². The summed E-state index contributed by atoms with van der Waals surface area (Å²) in [6.07, 6.45) is 7.08. The highest BCUT2D eigenvalue weighted by Crippen LogP contribution is 2.42. The SMILES string of the molecule is Cc1nc(N2CCC3(CC2)CC(O)CN(C2CCOCC2)C3)c2cc[nH]c2n1. The quantitative estimate of drug-likeness (QED) is 0.824. The monoisotopic (exact) mass is 385 g/mol. The largest absolute Gasteiger partial charge is 0.392 e. The molecule has 0 aromatic carbocycles. The summed E-state index contributed by atoms with van der Waals surface area (Å²) in [7, 11) is 0. The van der Waals surface area contributed by atoms with Crippen molar-refractivity contribution in [2.75, 3.05) is 44.3 Å². The molecule has 1 spiro atoms. The maximum atomic E-state index is 10.6. The third-order valence-electron chi connectivity index (χ3n) is 6.99. The zero-order valence-electron chi connectivity index (χ0n) is 16.7. The predicted octanol–water partition coefficient (Wildman–Crippen LogP) is 2.10. The molecule has 0 bridgehead atoms. The second-order valence-corrected chi connectivity index (χ2v) is 8.95. The molecule has 2 N–H and O–H groups in total. The number of ether oxygens (including phenoxy) is 1. The number of aliphatic hydroxyl groups is 1. The molecule has 5 rings (SSSR count). The Balaban J connectivity index is 1.32. The first kappa shape index (κ1) is 18.3. The average Bonchev–Trinajstić information content (AvgIpc) is 3.16. The van der Waals surface area contributed by atoms with Crippen molar-refractivity contribution in [2.45, 2.75) is 51.2 Å². The number of nitrogens with zero attached hydrogens (tertiary/aromatic N) is 4. The van der Waals surface area contributed by atoms with Gasteiger partial charge in [0.1, 0.15) is 17.3 Å². The van der Waals surface area contributed by atoms with E-state index in [1.807, 2.05) is 13.1 Å². The molecule has 3 aliphatic rings. The Morgan fingerprint density at radius 2 is 2.00 bits per heavy atom. The fourth-order valence-electron chi connectivity index (χ4n) is 5.55. The maximum absolute atomic E-state index is 10.6. The Hall–Kier alpha value is -1.70. The summed E-state index contributed by atoms with van der Waals surface area (Å²) in [6, 6.07) is 2.65. The summed E-state index contributed by atoms with van der Waals surface area (Å²) < 4.78 is 5.55. The van der Waals surface area contributed by atoms with Crippen LogP contribution in [-0.4, -0.2) is 76.5 Å². The van der Waals surface area contributed by atoms with Gasteiger partial charge in [-0.3, -0.25) is 4.90 Å². The molecule has 2 aromatic rings. The molecule has 1 unspecified atom stereocenters. The molecule has 0 radical (unpaired) electrons. The lowest BCUT2D eigenvalue weighted by molar-refractivity contribution is -0.0602. The van der Waals surface area contributed by atoms with Crippen molar-refractivity contribution in [3.8, 4) is 0 Å². The minimum Gasteiger partial charge on any atom is -0.392 e. The minimum absolute atomic E-state index is 0.208. The number of β-amino-alcohol motifs (C(OH)–C–C–N with tert-alkyl or cyclic N) is 1. The van der Waals surface area contributed by atoms with Crippen molar-refractivity contribution in [1.29, 1.82) is 0 Å². The summed E-state index contributed by atoms with van der Waals surface area (Å²) >= 11 is 0. The lowest BCUT2D eigenvalue weighted by Crippen LogP contribution is -2.57. The van der Waals surface area contributed by atoms with Crippen LogP contribution in [0.2, 0.25) is 0 Å². The van der Waals surface area contributed by atoms with Gasteiger partial charge >= 0.3 is 0 Å². The van der Waals surface area contributed by atoms with Crippen molar-refractivity contribution in [3.63, 3.8) is 0 Å². The predicted molar refractivity (Wildman–Crippen MR) is 109 cm³/mol. The molecule has 1 atom stereocenters. The first-order valence-corrected chi connectivity index (χ1v) is 10.7. The molecule has 3 aliphatic heterocycles. The number of aromatic amines is 1. The van der Waals surface area contributed by atoms with Gasteiger partial charge in [-0.2, -0.15) is 0 Å². The lowest BCUT2D eigenvalue weighted by Gasteiger charge is -2.51. The Morgan fingerprint density at radius 1 is 1.21 bits per heavy atom. The third kappa shape index (κ3) is 3.40. The molecule has 152 valence electrons. The molecule has 2 aromatic heterocycles. The van der Waals surface area contributed by atoms with Crippen LogP contribution in [-0.2, 0) is 4.74 Å². The van der Waals surface area contributed by atoms with Gasteiger partial charge in [-0.15, -0.1) is 0 Å². The number of aryl methyl sites for hydroxylation is 1. The van der Waals surface area contributed by atoms with Crippen molar-refractivity contribution in [3.05, 3.63) is 18.1 Å². The van der Waals surface area contributed by atoms with Gasteiger partial charge < -0.3 is 19.7 Å². The van der Waals surface area contributed by atoms with Crippen LogP contribution >= 0.6 is 0 Å². The van der Waals surface area contributed by atoms with Crippen LogP contribution in [0.5, 0.6) is 0 Å². The van der Waals surface area contributed by atoms with Crippen LogP contribution in [0.4, 0.5) is 5.82 Å². The summed E-state index contributed by atoms with van der Waals surface area (Å²) in [5.74, 6) is 1.86. The van der Waals surface area contributed by atoms with Crippen LogP contribution in [0.25, 0.3) is 11.0 Å². The molecule has 7 nitrogen and oxygen atoms in total. The van der Waals surface area contributed by atoms with Gasteiger partial charge in [0.15, 0.2) is 0 Å². The molecule has 0 saturated carbocycles. The standard InChI is InChI=1S/C21H31N5O2/c1-15-23-19-18(2-7-22-19)20(24-15)25-8-5-21(6-9-25)12-17(27)13-26(14-21)16-3-10-28-11-4-16/h2,7,16-17,27H,3-6,8-14H2,1H3,(H,22,23,24). The van der Waals surface area contributed by atoms with Gasteiger partial charge in [0.2, 0.25) is 0 Å². The van der Waals surface area contributed by atoms with Crippen LogP contribution in [0.15, 0.2) is 12.3 Å². The lowest BCUT2D eigenvalue weighted by atomic mass is 9.71. The summed E-state index contributed by atoms with van der Waals surface area (Å²) in [5, 5.41) is 11.8. The van der Waals surface area contributed by atoms with E-state index in [1.165, 1.54) is 0 Å². The number of aliphatic hydroxyl groups excluding tert-OH is 1. The molecule has 0 aliphatic carbocycles. The van der Waals surface area contributed by atoms with E-state index in [0.29, 0.717) is 6.04 Å². The van der Waals surface area contributed by atoms with E-state index in [-0.39, 0.29) is 11.5 Å². The Morgan fingerprint density at radius 3 is 2.79 bits per heavy atom. The molecular weight excluding hydrogens is 354 g/mol. The van der Waals surface area contributed by atoms with Crippen LogP contribution in [0.3, 0.4) is 0 Å². The number of piperidine rings is 2. The number of hydrogen-bond acceptors (Lipinski definition) is 6. The topological polar surface area (TPSA) is 77.5 Å². The van der Waals surface area contributed by atoms with E-state index in [9.17, 15) is 5.11 Å². The van der Waals surface area contributed by atoms with Gasteiger partial charge in [0, 0.05) is 51.6 Å². The molecule has 3 fully saturated rings. The zero-order valence-corrected chi connectivity index (χ0v) is 16.7. The fourth-order valence-corrected chi connectivity index (χ4v) is 5.55. The fraction of sp³-hybridized carbons (Fsp3) is 0.714. The zero-order chi connectivity index (χ0) is 19.1. The number of nitrogens with one attached hydrogen (secondary N) is 1. The average molecular weight is 386 g/mol. The second kappa shape index (κ2) is 7.28. The van der Waals surface area contributed by atoms with Crippen molar-refractivity contribution in [2.24, 2.45) is 5.41 Å². The molecule has 3 saturated heterocycles. The van der Waals surface area contributed by atoms with Crippen LogP contribution in [0.1, 0.15) is 37.9 Å². The molecular formula is C21H31N5O2. The Kier molecular flexibility index (Phi) is 4.77. The summed E-state index contributed by atoms with van der Waals surface area (Å²) in [6.45, 7) is 7.60. The van der Waals surface area contributed by atoms with Gasteiger partial charge in [-0.05, 0) is 50.5 Å². The molecule has 7 heteroatoms. The van der Waals surface area contributed by atoms with E-state index in [4.69, 9.17) is 9.72 Å². The molecule has 0 amide bonds.